The summed E-state index contributed by atoms with van der Waals surface area (Å²) in [6.45, 7) is 0. The second kappa shape index (κ2) is 7.83. The number of anilines is 2. The van der Waals surface area contributed by atoms with E-state index in [0.29, 0.717) is 5.69 Å². The minimum atomic E-state index is -0.689. The number of amides is 1. The van der Waals surface area contributed by atoms with Crippen LogP contribution in [0.2, 0.25) is 0 Å². The van der Waals surface area contributed by atoms with E-state index in [0.717, 1.165) is 17.3 Å². The number of carbonyl (C=O) groups excluding carboxylic acids is 1. The zero-order chi connectivity index (χ0) is 18.5. The Balaban J connectivity index is 1.89. The first-order chi connectivity index (χ1) is 12.5. The van der Waals surface area contributed by atoms with Gasteiger partial charge >= 0.3 is 0 Å². The number of nitrogens with one attached hydrogen (secondary N) is 2. The fraction of sp³-hybridized carbons (Fsp3) is 0.0556. The van der Waals surface area contributed by atoms with Crippen molar-refractivity contribution in [3.63, 3.8) is 0 Å². The molecule has 0 fully saturated rings. The first kappa shape index (κ1) is 17.7. The molecule has 132 valence electrons. The molecule has 8 heteroatoms. The van der Waals surface area contributed by atoms with Gasteiger partial charge in [-0.2, -0.15) is 0 Å². The number of nitrogens with zero attached hydrogens (tertiary/aromatic N) is 1. The maximum Gasteiger partial charge on any atom is 0.253 e. The normalized spacial score (nSPS) is 11.7. The van der Waals surface area contributed by atoms with E-state index < -0.39 is 16.6 Å². The van der Waals surface area contributed by atoms with Gasteiger partial charge in [-0.1, -0.05) is 42.1 Å². The fourth-order valence-electron chi connectivity index (χ4n) is 2.26. The minimum absolute atomic E-state index is 0.0713. The Morgan fingerprint density at radius 3 is 2.50 bits per heavy atom. The molecule has 1 amide bonds. The number of aromatic amines is 1. The maximum atomic E-state index is 13.0. The second-order valence-electron chi connectivity index (χ2n) is 5.38. The summed E-state index contributed by atoms with van der Waals surface area (Å²) in [4.78, 5) is 31.0. The number of aromatic nitrogens is 2. The SMILES string of the molecule is Nc1cc(=O)[nH]c(S[C@H](C(=O)Nc2ccc(F)cc2)c2ccccc2)n1. The van der Waals surface area contributed by atoms with Gasteiger partial charge in [0.2, 0.25) is 5.91 Å². The van der Waals surface area contributed by atoms with Gasteiger partial charge in [-0.05, 0) is 29.8 Å². The van der Waals surface area contributed by atoms with Crippen LogP contribution < -0.4 is 16.6 Å². The Hall–Kier alpha value is -3.13. The Bertz CT molecular complexity index is 961. The average Bonchev–Trinajstić information content (AvgIpc) is 2.61. The molecule has 4 N–H and O–H groups in total. The van der Waals surface area contributed by atoms with E-state index in [2.05, 4.69) is 15.3 Å². The Morgan fingerprint density at radius 2 is 1.85 bits per heavy atom. The fourth-order valence-corrected chi connectivity index (χ4v) is 3.26. The van der Waals surface area contributed by atoms with Crippen LogP contribution in [0, 0.1) is 5.82 Å². The van der Waals surface area contributed by atoms with Crippen molar-refractivity contribution in [2.45, 2.75) is 10.4 Å². The Morgan fingerprint density at radius 1 is 1.15 bits per heavy atom. The van der Waals surface area contributed by atoms with Crippen molar-refractivity contribution in [2.24, 2.45) is 0 Å². The van der Waals surface area contributed by atoms with E-state index in [1.165, 1.54) is 30.3 Å². The van der Waals surface area contributed by atoms with Crippen molar-refractivity contribution in [1.29, 1.82) is 0 Å². The van der Waals surface area contributed by atoms with Gasteiger partial charge in [-0.15, -0.1) is 0 Å². The van der Waals surface area contributed by atoms with Crippen molar-refractivity contribution in [1.82, 2.24) is 9.97 Å². The first-order valence-corrected chi connectivity index (χ1v) is 8.54. The van der Waals surface area contributed by atoms with E-state index in [1.54, 1.807) is 12.1 Å². The number of thioether (sulfide) groups is 1. The number of benzene rings is 2. The van der Waals surface area contributed by atoms with E-state index in [9.17, 15) is 14.0 Å². The highest BCUT2D eigenvalue weighted by atomic mass is 32.2. The summed E-state index contributed by atoms with van der Waals surface area (Å²) in [6.07, 6.45) is 0. The minimum Gasteiger partial charge on any atom is -0.383 e. The second-order valence-corrected chi connectivity index (χ2v) is 6.47. The highest BCUT2D eigenvalue weighted by Gasteiger charge is 2.23. The molecule has 0 aliphatic rings. The summed E-state index contributed by atoms with van der Waals surface area (Å²) < 4.78 is 13.0. The number of halogens is 1. The zero-order valence-electron chi connectivity index (χ0n) is 13.5. The molecule has 0 aliphatic heterocycles. The van der Waals surface area contributed by atoms with Crippen molar-refractivity contribution in [2.75, 3.05) is 11.1 Å². The van der Waals surface area contributed by atoms with E-state index in [-0.39, 0.29) is 16.9 Å². The van der Waals surface area contributed by atoms with Crippen molar-refractivity contribution < 1.29 is 9.18 Å². The van der Waals surface area contributed by atoms with Gasteiger partial charge in [-0.3, -0.25) is 9.59 Å². The van der Waals surface area contributed by atoms with Crippen LogP contribution in [0.5, 0.6) is 0 Å². The van der Waals surface area contributed by atoms with E-state index in [4.69, 9.17) is 5.73 Å². The number of hydrogen-bond acceptors (Lipinski definition) is 5. The molecule has 26 heavy (non-hydrogen) atoms. The standard InChI is InChI=1S/C18H15FN4O2S/c19-12-6-8-13(9-7-12)21-17(25)16(11-4-2-1-3-5-11)26-18-22-14(20)10-15(24)23-18/h1-10,16H,(H,21,25)(H3,20,22,23,24)/t16-/m0/s1. The van der Waals surface area contributed by atoms with Gasteiger partial charge in [-0.25, -0.2) is 9.37 Å². The summed E-state index contributed by atoms with van der Waals surface area (Å²) in [5, 5.41) is 2.29. The molecular weight excluding hydrogens is 355 g/mol. The van der Waals surface area contributed by atoms with Gasteiger partial charge in [0.05, 0.1) is 0 Å². The van der Waals surface area contributed by atoms with Crippen LogP contribution in [0.1, 0.15) is 10.8 Å². The molecule has 3 aromatic rings. The van der Waals surface area contributed by atoms with Crippen molar-refractivity contribution in [3.05, 3.63) is 82.4 Å². The monoisotopic (exact) mass is 370 g/mol. The molecule has 0 saturated heterocycles. The molecule has 3 rings (SSSR count). The van der Waals surface area contributed by atoms with Crippen molar-refractivity contribution in [3.8, 4) is 0 Å². The van der Waals surface area contributed by atoms with Gasteiger partial charge in [0, 0.05) is 11.8 Å². The molecule has 1 heterocycles. The summed E-state index contributed by atoms with van der Waals surface area (Å²) >= 11 is 1.07. The van der Waals surface area contributed by atoms with E-state index in [1.807, 2.05) is 18.2 Å². The van der Waals surface area contributed by atoms with Crippen LogP contribution in [0.25, 0.3) is 0 Å². The molecule has 0 aliphatic carbocycles. The molecule has 6 nitrogen and oxygen atoms in total. The number of carbonyl (C=O) groups is 1. The van der Waals surface area contributed by atoms with Gasteiger partial charge in [0.1, 0.15) is 16.9 Å². The third-order valence-electron chi connectivity index (χ3n) is 3.42. The lowest BCUT2D eigenvalue weighted by Crippen LogP contribution is -2.20. The van der Waals surface area contributed by atoms with Crippen LogP contribution >= 0.6 is 11.8 Å². The van der Waals surface area contributed by atoms with Crippen LogP contribution in [-0.2, 0) is 4.79 Å². The van der Waals surface area contributed by atoms with Crippen LogP contribution in [0.3, 0.4) is 0 Å². The Kier molecular flexibility index (Phi) is 5.33. The molecule has 0 radical (unpaired) electrons. The predicted octanol–water partition coefficient (Wildman–Crippen LogP) is 2.96. The lowest BCUT2D eigenvalue weighted by molar-refractivity contribution is -0.115. The predicted molar refractivity (Wildman–Crippen MR) is 99.3 cm³/mol. The van der Waals surface area contributed by atoms with Crippen molar-refractivity contribution >= 4 is 29.2 Å². The summed E-state index contributed by atoms with van der Waals surface area (Å²) in [5.74, 6) is -0.654. The Labute approximate surface area is 152 Å². The average molecular weight is 370 g/mol. The summed E-state index contributed by atoms with van der Waals surface area (Å²) in [5.41, 5.74) is 6.40. The van der Waals surface area contributed by atoms with Gasteiger partial charge < -0.3 is 16.0 Å². The smallest absolute Gasteiger partial charge is 0.253 e. The number of nitrogens with two attached hydrogens (primary N) is 1. The third kappa shape index (κ3) is 4.48. The lowest BCUT2D eigenvalue weighted by Gasteiger charge is -2.16. The topological polar surface area (TPSA) is 101 Å². The number of H-pyrrole nitrogens is 1. The zero-order valence-corrected chi connectivity index (χ0v) is 14.3. The number of hydrogen-bond donors (Lipinski definition) is 3. The van der Waals surface area contributed by atoms with Crippen LogP contribution in [0.15, 0.2) is 70.6 Å². The molecule has 2 aromatic carbocycles. The van der Waals surface area contributed by atoms with Gasteiger partial charge in [0.15, 0.2) is 5.16 Å². The lowest BCUT2D eigenvalue weighted by atomic mass is 10.1. The molecule has 0 saturated carbocycles. The summed E-state index contributed by atoms with van der Waals surface area (Å²) in [7, 11) is 0. The molecule has 0 unspecified atom stereocenters. The van der Waals surface area contributed by atoms with Gasteiger partial charge in [0.25, 0.3) is 5.56 Å². The molecule has 1 atom stereocenters. The van der Waals surface area contributed by atoms with E-state index >= 15 is 0 Å². The number of nitrogen functional groups attached to an aromatic ring is 1. The maximum absolute atomic E-state index is 13.0. The highest BCUT2D eigenvalue weighted by Crippen LogP contribution is 2.34. The highest BCUT2D eigenvalue weighted by molar-refractivity contribution is 8.00. The van der Waals surface area contributed by atoms with Crippen LogP contribution in [-0.4, -0.2) is 15.9 Å². The molecule has 0 bridgehead atoms. The quantitative estimate of drug-likeness (QED) is 0.473. The number of rotatable bonds is 5. The first-order valence-electron chi connectivity index (χ1n) is 7.66. The van der Waals surface area contributed by atoms with Crippen LogP contribution in [0.4, 0.5) is 15.9 Å². The largest absolute Gasteiger partial charge is 0.383 e. The molecular formula is C18H15FN4O2S. The molecule has 1 aromatic heterocycles. The summed E-state index contributed by atoms with van der Waals surface area (Å²) in [6, 6.07) is 15.7. The third-order valence-corrected chi connectivity index (χ3v) is 4.56. The molecule has 0 spiro atoms.